The van der Waals surface area contributed by atoms with Gasteiger partial charge in [-0.3, -0.25) is 23.9 Å². The molecular formula is C23H22ClN5O4. The van der Waals surface area contributed by atoms with E-state index in [2.05, 4.69) is 15.0 Å². The van der Waals surface area contributed by atoms with Crippen molar-refractivity contribution in [1.29, 1.82) is 0 Å². The van der Waals surface area contributed by atoms with Gasteiger partial charge in [0.25, 0.3) is 11.1 Å². The Morgan fingerprint density at radius 1 is 1.06 bits per heavy atom. The third-order valence-corrected chi connectivity index (χ3v) is 5.59. The monoisotopic (exact) mass is 467 g/mol. The highest BCUT2D eigenvalue weighted by Crippen LogP contribution is 2.15. The lowest BCUT2D eigenvalue weighted by Gasteiger charge is -2.22. The maximum absolute atomic E-state index is 13.0. The van der Waals surface area contributed by atoms with Crippen LogP contribution < -0.4 is 16.8 Å². The summed E-state index contributed by atoms with van der Waals surface area (Å²) in [5.74, 6) is 0.149. The number of aryl methyl sites for hydroxylation is 1. The molecule has 0 aliphatic heterocycles. The first-order valence-electron chi connectivity index (χ1n) is 10.6. The van der Waals surface area contributed by atoms with Gasteiger partial charge in [-0.05, 0) is 36.8 Å². The molecule has 0 aliphatic carbocycles. The summed E-state index contributed by atoms with van der Waals surface area (Å²) in [5, 5.41) is 1.26. The number of nitrogens with one attached hydrogen (secondary N) is 2. The van der Waals surface area contributed by atoms with Crippen LogP contribution in [0.5, 0.6) is 0 Å². The first-order valence-corrected chi connectivity index (χ1v) is 10.9. The van der Waals surface area contributed by atoms with E-state index in [1.54, 1.807) is 47.4 Å². The lowest BCUT2D eigenvalue weighted by molar-refractivity contribution is -0.132. The van der Waals surface area contributed by atoms with E-state index in [1.165, 1.54) is 4.57 Å². The predicted octanol–water partition coefficient (Wildman–Crippen LogP) is 2.41. The van der Waals surface area contributed by atoms with Crippen molar-refractivity contribution in [3.63, 3.8) is 0 Å². The molecule has 2 N–H and O–H groups in total. The predicted molar refractivity (Wildman–Crippen MR) is 127 cm³/mol. The number of carbonyl (C=O) groups is 1. The Balaban J connectivity index is 1.57. The molecule has 0 fully saturated rings. The van der Waals surface area contributed by atoms with Gasteiger partial charge in [-0.25, -0.2) is 9.78 Å². The number of nitrogens with zero attached hydrogens (tertiary/aromatic N) is 3. The minimum Gasteiger partial charge on any atom is -0.335 e. The maximum Gasteiger partial charge on any atom is 0.328 e. The number of benzene rings is 2. The molecule has 33 heavy (non-hydrogen) atoms. The van der Waals surface area contributed by atoms with Crippen molar-refractivity contribution in [2.75, 3.05) is 6.54 Å². The molecule has 2 aromatic carbocycles. The summed E-state index contributed by atoms with van der Waals surface area (Å²) in [6.07, 6.45) is 0.747. The summed E-state index contributed by atoms with van der Waals surface area (Å²) in [6, 6.07) is 11.6. The van der Waals surface area contributed by atoms with Crippen molar-refractivity contribution in [1.82, 2.24) is 24.4 Å². The van der Waals surface area contributed by atoms with E-state index in [1.807, 2.05) is 6.92 Å². The molecule has 9 nitrogen and oxygen atoms in total. The number of hydrogen-bond donors (Lipinski definition) is 2. The van der Waals surface area contributed by atoms with Gasteiger partial charge in [0.2, 0.25) is 5.91 Å². The molecule has 2 heterocycles. The summed E-state index contributed by atoms with van der Waals surface area (Å²) in [4.78, 5) is 60.9. The molecule has 1 amide bonds. The van der Waals surface area contributed by atoms with Crippen LogP contribution in [0, 0.1) is 0 Å². The van der Waals surface area contributed by atoms with E-state index in [-0.39, 0.29) is 31.0 Å². The average molecular weight is 468 g/mol. The highest BCUT2D eigenvalue weighted by Gasteiger charge is 2.17. The van der Waals surface area contributed by atoms with Gasteiger partial charge in [0.1, 0.15) is 5.82 Å². The summed E-state index contributed by atoms with van der Waals surface area (Å²) in [5.41, 5.74) is -0.403. The van der Waals surface area contributed by atoms with Crippen LogP contribution in [-0.4, -0.2) is 36.9 Å². The third-order valence-electron chi connectivity index (χ3n) is 5.36. The fourth-order valence-corrected chi connectivity index (χ4v) is 3.97. The van der Waals surface area contributed by atoms with E-state index < -0.39 is 11.2 Å². The second-order valence-corrected chi connectivity index (χ2v) is 8.10. The first kappa shape index (κ1) is 22.5. The zero-order valence-electron chi connectivity index (χ0n) is 17.9. The van der Waals surface area contributed by atoms with E-state index in [9.17, 15) is 19.2 Å². The maximum atomic E-state index is 13.0. The molecule has 0 spiro atoms. The lowest BCUT2D eigenvalue weighted by atomic mass is 10.2. The van der Waals surface area contributed by atoms with Crippen LogP contribution in [0.4, 0.5) is 0 Å². The van der Waals surface area contributed by atoms with Gasteiger partial charge in [-0.2, -0.15) is 0 Å². The third kappa shape index (κ3) is 4.73. The highest BCUT2D eigenvalue weighted by atomic mass is 35.5. The van der Waals surface area contributed by atoms with Crippen molar-refractivity contribution in [3.05, 3.63) is 84.5 Å². The molecule has 0 atom stereocenters. The number of amides is 1. The normalized spacial score (nSPS) is 11.2. The molecule has 4 rings (SSSR count). The van der Waals surface area contributed by atoms with Crippen molar-refractivity contribution in [2.24, 2.45) is 0 Å². The SMILES string of the molecule is CCCN(Cc1nc2cc(Cl)ccc2c(=O)[nH]1)C(=O)CCn1c(=O)[nH]c(=O)c2ccccc21. The van der Waals surface area contributed by atoms with E-state index in [4.69, 9.17) is 11.6 Å². The second-order valence-electron chi connectivity index (χ2n) is 7.67. The lowest BCUT2D eigenvalue weighted by Crippen LogP contribution is -2.35. The number of aromatic nitrogens is 4. The molecule has 4 aromatic rings. The van der Waals surface area contributed by atoms with Gasteiger partial charge >= 0.3 is 5.69 Å². The number of fused-ring (bicyclic) bond motifs is 2. The largest absolute Gasteiger partial charge is 0.335 e. The summed E-state index contributed by atoms with van der Waals surface area (Å²) < 4.78 is 1.39. The van der Waals surface area contributed by atoms with Crippen LogP contribution in [0.15, 0.2) is 56.8 Å². The quantitative estimate of drug-likeness (QED) is 0.432. The van der Waals surface area contributed by atoms with Crippen LogP contribution >= 0.6 is 11.6 Å². The van der Waals surface area contributed by atoms with Gasteiger partial charge in [0.05, 0.1) is 28.4 Å². The Bertz CT molecular complexity index is 1520. The Morgan fingerprint density at radius 2 is 1.82 bits per heavy atom. The van der Waals surface area contributed by atoms with Gasteiger partial charge in [-0.15, -0.1) is 0 Å². The summed E-state index contributed by atoms with van der Waals surface area (Å²) in [6.45, 7) is 2.62. The Kier molecular flexibility index (Phi) is 6.41. The molecule has 10 heteroatoms. The Morgan fingerprint density at radius 3 is 2.61 bits per heavy atom. The van der Waals surface area contributed by atoms with Crippen molar-refractivity contribution < 1.29 is 4.79 Å². The minimum absolute atomic E-state index is 0.0413. The summed E-state index contributed by atoms with van der Waals surface area (Å²) in [7, 11) is 0. The molecule has 0 bridgehead atoms. The van der Waals surface area contributed by atoms with Crippen LogP contribution in [-0.2, 0) is 17.9 Å². The number of aromatic amines is 2. The topological polar surface area (TPSA) is 121 Å². The number of para-hydroxylation sites is 1. The molecule has 0 unspecified atom stereocenters. The Hall–Kier alpha value is -3.72. The zero-order valence-corrected chi connectivity index (χ0v) is 18.7. The van der Waals surface area contributed by atoms with Crippen LogP contribution in [0.25, 0.3) is 21.8 Å². The van der Waals surface area contributed by atoms with E-state index in [0.29, 0.717) is 45.6 Å². The average Bonchev–Trinajstić information content (AvgIpc) is 2.78. The van der Waals surface area contributed by atoms with Crippen LogP contribution in [0.1, 0.15) is 25.6 Å². The number of halogens is 1. The molecule has 0 radical (unpaired) electrons. The van der Waals surface area contributed by atoms with Crippen molar-refractivity contribution >= 4 is 39.3 Å². The highest BCUT2D eigenvalue weighted by molar-refractivity contribution is 6.31. The zero-order chi connectivity index (χ0) is 23.5. The van der Waals surface area contributed by atoms with Gasteiger partial charge in [0, 0.05) is 24.5 Å². The minimum atomic E-state index is -0.564. The first-order chi connectivity index (χ1) is 15.9. The van der Waals surface area contributed by atoms with Crippen molar-refractivity contribution in [2.45, 2.75) is 32.9 Å². The molecule has 2 aromatic heterocycles. The van der Waals surface area contributed by atoms with Gasteiger partial charge in [0.15, 0.2) is 0 Å². The smallest absolute Gasteiger partial charge is 0.328 e. The molecular weight excluding hydrogens is 446 g/mol. The number of hydrogen-bond acceptors (Lipinski definition) is 5. The molecule has 170 valence electrons. The van der Waals surface area contributed by atoms with Crippen LogP contribution in [0.3, 0.4) is 0 Å². The molecule has 0 saturated heterocycles. The van der Waals surface area contributed by atoms with E-state index in [0.717, 1.165) is 0 Å². The number of H-pyrrole nitrogens is 2. The second kappa shape index (κ2) is 9.41. The fraction of sp³-hybridized carbons (Fsp3) is 0.261. The molecule has 0 saturated carbocycles. The standard InChI is InChI=1S/C23H22ClN5O4/c1-2-10-28(13-19-25-17-12-14(24)7-8-15(17)21(31)26-19)20(30)9-11-29-18-6-4-3-5-16(18)22(32)27-23(29)33/h3-8,12H,2,9-11,13H2,1H3,(H,25,26,31)(H,27,32,33). The fourth-order valence-electron chi connectivity index (χ4n) is 3.81. The molecule has 0 aliphatic rings. The number of rotatable bonds is 7. The summed E-state index contributed by atoms with van der Waals surface area (Å²) >= 11 is 6.03. The van der Waals surface area contributed by atoms with Crippen LogP contribution in [0.2, 0.25) is 5.02 Å². The van der Waals surface area contributed by atoms with Crippen molar-refractivity contribution in [3.8, 4) is 0 Å². The Labute approximate surface area is 192 Å². The van der Waals surface area contributed by atoms with Gasteiger partial charge < -0.3 is 9.88 Å². The van der Waals surface area contributed by atoms with E-state index >= 15 is 0 Å². The van der Waals surface area contributed by atoms with Gasteiger partial charge in [-0.1, -0.05) is 30.7 Å². The number of carbonyl (C=O) groups excluding carboxylic acids is 1.